The first-order chi connectivity index (χ1) is 3.91. The van der Waals surface area contributed by atoms with Crippen molar-refractivity contribution >= 4 is 5.94 Å². The van der Waals surface area contributed by atoms with E-state index in [0.29, 0.717) is 0 Å². The van der Waals surface area contributed by atoms with Gasteiger partial charge in [0.05, 0.1) is 0 Å². The third-order valence-electron chi connectivity index (χ3n) is 0.840. The Hall–Kier alpha value is -0.810. The van der Waals surface area contributed by atoms with E-state index in [2.05, 4.69) is 6.58 Å². The number of hydrogen-bond donors (Lipinski definition) is 0. The first-order valence-corrected chi connectivity index (χ1v) is 2.72. The smallest absolute Gasteiger partial charge is 0.120 e. The lowest BCUT2D eigenvalue weighted by Crippen LogP contribution is -1.66. The quantitative estimate of drug-likeness (QED) is 0.306. The Morgan fingerprint density at radius 3 is 2.75 bits per heavy atom. The second-order valence-corrected chi connectivity index (χ2v) is 1.54. The molecule has 0 radical (unpaired) electrons. The molecule has 0 saturated heterocycles. The zero-order valence-corrected chi connectivity index (χ0v) is 4.89. The molecule has 0 aromatic heterocycles. The maximum atomic E-state index is 9.56. The zero-order valence-electron chi connectivity index (χ0n) is 4.89. The highest BCUT2D eigenvalue weighted by Gasteiger charge is 1.76. The molecule has 0 aromatic rings. The SMILES string of the molecule is C=CCCCC=C=O. The number of unbranched alkanes of at least 4 members (excludes halogenated alkanes) is 2. The number of allylic oxidation sites excluding steroid dienone is 2. The van der Waals surface area contributed by atoms with Crippen LogP contribution in [0.1, 0.15) is 19.3 Å². The topological polar surface area (TPSA) is 17.1 Å². The summed E-state index contributed by atoms with van der Waals surface area (Å²) >= 11 is 0. The van der Waals surface area contributed by atoms with E-state index in [0.717, 1.165) is 19.3 Å². The minimum atomic E-state index is 0.829. The van der Waals surface area contributed by atoms with Crippen LogP contribution < -0.4 is 0 Å². The lowest BCUT2D eigenvalue weighted by Gasteiger charge is -1.83. The molecular weight excluding hydrogens is 100 g/mol. The highest BCUT2D eigenvalue weighted by molar-refractivity contribution is 5.44. The monoisotopic (exact) mass is 110 g/mol. The third-order valence-corrected chi connectivity index (χ3v) is 0.840. The fourth-order valence-electron chi connectivity index (χ4n) is 0.423. The predicted octanol–water partition coefficient (Wildman–Crippen LogP) is 1.73. The van der Waals surface area contributed by atoms with Crippen LogP contribution in [0.25, 0.3) is 0 Å². The van der Waals surface area contributed by atoms with Gasteiger partial charge in [-0.25, -0.2) is 4.79 Å². The first-order valence-electron chi connectivity index (χ1n) is 2.72. The summed E-state index contributed by atoms with van der Waals surface area (Å²) < 4.78 is 0. The van der Waals surface area contributed by atoms with Gasteiger partial charge in [-0.1, -0.05) is 6.08 Å². The highest BCUT2D eigenvalue weighted by atomic mass is 16.1. The van der Waals surface area contributed by atoms with Gasteiger partial charge in [-0.2, -0.15) is 0 Å². The molecule has 0 spiro atoms. The van der Waals surface area contributed by atoms with Crippen LogP contribution in [0.2, 0.25) is 0 Å². The zero-order chi connectivity index (χ0) is 6.24. The molecule has 0 atom stereocenters. The van der Waals surface area contributed by atoms with E-state index >= 15 is 0 Å². The van der Waals surface area contributed by atoms with E-state index in [1.807, 2.05) is 6.08 Å². The fourth-order valence-corrected chi connectivity index (χ4v) is 0.423. The van der Waals surface area contributed by atoms with Crippen LogP contribution in [0.15, 0.2) is 18.7 Å². The number of rotatable bonds is 4. The molecular formula is C7H10O. The molecule has 0 aliphatic heterocycles. The van der Waals surface area contributed by atoms with Gasteiger partial charge in [-0.05, 0) is 25.3 Å². The van der Waals surface area contributed by atoms with E-state index in [1.54, 1.807) is 5.94 Å². The molecule has 0 amide bonds. The van der Waals surface area contributed by atoms with Crippen LogP contribution in [0, 0.1) is 0 Å². The second-order valence-electron chi connectivity index (χ2n) is 1.54. The maximum Gasteiger partial charge on any atom is 0.120 e. The Balaban J connectivity index is 2.93. The van der Waals surface area contributed by atoms with Gasteiger partial charge in [0.25, 0.3) is 0 Å². The maximum absolute atomic E-state index is 9.56. The molecule has 0 heterocycles. The Morgan fingerprint density at radius 1 is 1.50 bits per heavy atom. The van der Waals surface area contributed by atoms with Gasteiger partial charge in [0.2, 0.25) is 0 Å². The molecule has 0 aliphatic rings. The summed E-state index contributed by atoms with van der Waals surface area (Å²) in [6, 6.07) is 0. The Morgan fingerprint density at radius 2 is 2.25 bits per heavy atom. The minimum absolute atomic E-state index is 0.829. The summed E-state index contributed by atoms with van der Waals surface area (Å²) in [6.45, 7) is 3.55. The van der Waals surface area contributed by atoms with Crippen molar-refractivity contribution in [1.82, 2.24) is 0 Å². The average molecular weight is 110 g/mol. The molecule has 0 fully saturated rings. The van der Waals surface area contributed by atoms with Crippen molar-refractivity contribution in [2.75, 3.05) is 0 Å². The molecule has 0 aliphatic carbocycles. The predicted molar refractivity (Wildman–Crippen MR) is 34.3 cm³/mol. The fraction of sp³-hybridized carbons (Fsp3) is 0.429. The van der Waals surface area contributed by atoms with Crippen LogP contribution in [0.4, 0.5) is 0 Å². The van der Waals surface area contributed by atoms with Gasteiger partial charge in [0.1, 0.15) is 5.94 Å². The van der Waals surface area contributed by atoms with Crippen LogP contribution >= 0.6 is 0 Å². The normalized spacial score (nSPS) is 7.50. The molecule has 0 N–H and O–H groups in total. The standard InChI is InChI=1S/C7H10O/c1-2-3-4-5-6-7-8/h2,6H,1,3-5H2. The summed E-state index contributed by atoms with van der Waals surface area (Å²) in [5.74, 6) is 1.72. The van der Waals surface area contributed by atoms with Crippen LogP contribution in [0.5, 0.6) is 0 Å². The third kappa shape index (κ3) is 5.19. The summed E-state index contributed by atoms with van der Waals surface area (Å²) in [5, 5.41) is 0. The van der Waals surface area contributed by atoms with Crippen LogP contribution in [-0.2, 0) is 4.79 Å². The molecule has 1 heteroatoms. The van der Waals surface area contributed by atoms with Gasteiger partial charge in [0.15, 0.2) is 0 Å². The molecule has 0 bridgehead atoms. The Bertz CT molecular complexity index is 99.0. The molecule has 0 unspecified atom stereocenters. The lowest BCUT2D eigenvalue weighted by molar-refractivity contribution is 0.568. The van der Waals surface area contributed by atoms with Crippen molar-refractivity contribution in [2.24, 2.45) is 0 Å². The Kier molecular flexibility index (Phi) is 5.56. The molecule has 0 saturated carbocycles. The first kappa shape index (κ1) is 7.19. The van der Waals surface area contributed by atoms with Crippen molar-refractivity contribution in [3.05, 3.63) is 18.7 Å². The van der Waals surface area contributed by atoms with E-state index in [1.165, 1.54) is 6.08 Å². The number of hydrogen-bond acceptors (Lipinski definition) is 1. The van der Waals surface area contributed by atoms with Crippen molar-refractivity contribution < 1.29 is 4.79 Å². The van der Waals surface area contributed by atoms with Crippen molar-refractivity contribution in [3.8, 4) is 0 Å². The molecule has 0 rings (SSSR count). The van der Waals surface area contributed by atoms with Gasteiger partial charge in [-0.15, -0.1) is 6.58 Å². The summed E-state index contributed by atoms with van der Waals surface area (Å²) in [5.41, 5.74) is 0. The van der Waals surface area contributed by atoms with Gasteiger partial charge in [0, 0.05) is 0 Å². The van der Waals surface area contributed by atoms with E-state index < -0.39 is 0 Å². The molecule has 0 aromatic carbocycles. The molecule has 44 valence electrons. The number of carbonyl (C=O) groups excluding carboxylic acids is 1. The van der Waals surface area contributed by atoms with E-state index in [-0.39, 0.29) is 0 Å². The van der Waals surface area contributed by atoms with Crippen LogP contribution in [-0.4, -0.2) is 5.94 Å². The largest absolute Gasteiger partial charge is 0.234 e. The Labute approximate surface area is 49.7 Å². The van der Waals surface area contributed by atoms with Gasteiger partial charge >= 0.3 is 0 Å². The second kappa shape index (κ2) is 6.19. The van der Waals surface area contributed by atoms with Crippen LogP contribution in [0.3, 0.4) is 0 Å². The van der Waals surface area contributed by atoms with Crippen molar-refractivity contribution in [2.45, 2.75) is 19.3 Å². The van der Waals surface area contributed by atoms with Gasteiger partial charge in [-0.3, -0.25) is 0 Å². The van der Waals surface area contributed by atoms with E-state index in [9.17, 15) is 4.79 Å². The molecule has 8 heavy (non-hydrogen) atoms. The van der Waals surface area contributed by atoms with Crippen molar-refractivity contribution in [1.29, 1.82) is 0 Å². The summed E-state index contributed by atoms with van der Waals surface area (Å²) in [7, 11) is 0. The van der Waals surface area contributed by atoms with Gasteiger partial charge < -0.3 is 0 Å². The lowest BCUT2D eigenvalue weighted by atomic mass is 10.2. The average Bonchev–Trinajstić information content (AvgIpc) is 1.81. The highest BCUT2D eigenvalue weighted by Crippen LogP contribution is 1.93. The summed E-state index contributed by atoms with van der Waals surface area (Å²) in [6.07, 6.45) is 6.18. The minimum Gasteiger partial charge on any atom is -0.234 e. The molecule has 1 nitrogen and oxygen atoms in total. The van der Waals surface area contributed by atoms with Crippen molar-refractivity contribution in [3.63, 3.8) is 0 Å². The van der Waals surface area contributed by atoms with E-state index in [4.69, 9.17) is 0 Å². The summed E-state index contributed by atoms with van der Waals surface area (Å²) in [4.78, 5) is 9.56.